The normalized spacial score (nSPS) is 12.5. The number of aliphatic hydroxyl groups excluding tert-OH is 1. The zero-order chi connectivity index (χ0) is 16.5. The Balaban J connectivity index is 1.87. The minimum Gasteiger partial charge on any atom is -0.497 e. The van der Waals surface area contributed by atoms with Crippen LogP contribution in [0.3, 0.4) is 0 Å². The number of rotatable bonds is 10. The molecule has 2 rings (SSSR count). The number of fused-ring (bicyclic) bond motifs is 1. The highest BCUT2D eigenvalue weighted by atomic mass is 16.5. The molecule has 0 aliphatic heterocycles. The van der Waals surface area contributed by atoms with Crippen LogP contribution in [0.4, 0.5) is 0 Å². The van der Waals surface area contributed by atoms with E-state index in [0.29, 0.717) is 6.54 Å². The Morgan fingerprint density at radius 3 is 2.87 bits per heavy atom. The summed E-state index contributed by atoms with van der Waals surface area (Å²) in [6.45, 7) is 3.55. The van der Waals surface area contributed by atoms with Crippen LogP contribution in [0.5, 0.6) is 5.75 Å². The van der Waals surface area contributed by atoms with E-state index < -0.39 is 0 Å². The fourth-order valence-corrected chi connectivity index (χ4v) is 2.75. The predicted octanol–water partition coefficient (Wildman–Crippen LogP) is 3.66. The number of hydrogen-bond donors (Lipinski definition) is 2. The largest absolute Gasteiger partial charge is 0.497 e. The number of aliphatic hydroxyl groups is 1. The minimum absolute atomic E-state index is 0.269. The van der Waals surface area contributed by atoms with Gasteiger partial charge in [-0.15, -0.1) is 0 Å². The van der Waals surface area contributed by atoms with Gasteiger partial charge >= 0.3 is 0 Å². The van der Waals surface area contributed by atoms with E-state index in [0.717, 1.165) is 36.0 Å². The third kappa shape index (κ3) is 5.48. The standard InChI is InChI=1S/C19H28N2O2/c1-3-4-5-6-7-16(22)14-20-13-15-10-11-21-19-9-8-17(23-2)12-18(15)19/h8-12,16,20,22H,3-7,13-14H2,1-2H3. The second-order valence-electron chi connectivity index (χ2n) is 5.99. The summed E-state index contributed by atoms with van der Waals surface area (Å²) in [6, 6.07) is 7.93. The van der Waals surface area contributed by atoms with Crippen molar-refractivity contribution in [1.82, 2.24) is 10.3 Å². The van der Waals surface area contributed by atoms with Crippen molar-refractivity contribution in [1.29, 1.82) is 0 Å². The zero-order valence-electron chi connectivity index (χ0n) is 14.2. The second kappa shape index (κ2) is 9.48. The number of methoxy groups -OCH3 is 1. The number of nitrogens with zero attached hydrogens (tertiary/aromatic N) is 1. The minimum atomic E-state index is -0.269. The fourth-order valence-electron chi connectivity index (χ4n) is 2.75. The SMILES string of the molecule is CCCCCCC(O)CNCc1ccnc2ccc(OC)cc12. The van der Waals surface area contributed by atoms with Gasteiger partial charge in [-0.05, 0) is 36.2 Å². The number of ether oxygens (including phenoxy) is 1. The number of hydrogen-bond acceptors (Lipinski definition) is 4. The van der Waals surface area contributed by atoms with Gasteiger partial charge in [-0.25, -0.2) is 0 Å². The van der Waals surface area contributed by atoms with Gasteiger partial charge in [0.1, 0.15) is 5.75 Å². The summed E-state index contributed by atoms with van der Waals surface area (Å²) in [7, 11) is 1.67. The molecule has 0 saturated carbocycles. The lowest BCUT2D eigenvalue weighted by molar-refractivity contribution is 0.157. The summed E-state index contributed by atoms with van der Waals surface area (Å²) in [5, 5.41) is 14.5. The van der Waals surface area contributed by atoms with E-state index in [-0.39, 0.29) is 6.10 Å². The van der Waals surface area contributed by atoms with Crippen LogP contribution in [-0.4, -0.2) is 29.8 Å². The molecule has 0 aliphatic carbocycles. The Labute approximate surface area is 138 Å². The molecule has 0 amide bonds. The smallest absolute Gasteiger partial charge is 0.119 e. The van der Waals surface area contributed by atoms with Crippen molar-refractivity contribution in [3.8, 4) is 5.75 Å². The molecule has 0 saturated heterocycles. The number of aromatic nitrogens is 1. The molecule has 4 nitrogen and oxygen atoms in total. The van der Waals surface area contributed by atoms with E-state index in [1.807, 2.05) is 30.5 Å². The van der Waals surface area contributed by atoms with Crippen molar-refractivity contribution in [2.45, 2.75) is 51.7 Å². The monoisotopic (exact) mass is 316 g/mol. The molecule has 1 aromatic carbocycles. The summed E-state index contributed by atoms with van der Waals surface area (Å²) in [5.41, 5.74) is 2.14. The molecular weight excluding hydrogens is 288 g/mol. The van der Waals surface area contributed by atoms with Crippen LogP contribution in [0.15, 0.2) is 30.5 Å². The van der Waals surface area contributed by atoms with Gasteiger partial charge in [0, 0.05) is 24.7 Å². The molecule has 0 spiro atoms. The third-order valence-electron chi connectivity index (χ3n) is 4.13. The van der Waals surface area contributed by atoms with Gasteiger partial charge < -0.3 is 15.2 Å². The molecule has 1 unspecified atom stereocenters. The second-order valence-corrected chi connectivity index (χ2v) is 5.99. The highest BCUT2D eigenvalue weighted by molar-refractivity contribution is 5.83. The highest BCUT2D eigenvalue weighted by Crippen LogP contribution is 2.22. The van der Waals surface area contributed by atoms with Crippen LogP contribution in [0.1, 0.15) is 44.6 Å². The molecule has 0 aliphatic rings. The maximum atomic E-state index is 10.0. The Bertz CT molecular complexity index is 601. The molecular formula is C19H28N2O2. The van der Waals surface area contributed by atoms with Crippen molar-refractivity contribution in [3.05, 3.63) is 36.0 Å². The summed E-state index contributed by atoms with van der Waals surface area (Å²) in [4.78, 5) is 4.39. The van der Waals surface area contributed by atoms with Gasteiger partial charge in [0.25, 0.3) is 0 Å². The van der Waals surface area contributed by atoms with E-state index in [4.69, 9.17) is 4.74 Å². The van der Waals surface area contributed by atoms with Crippen LogP contribution in [0.25, 0.3) is 10.9 Å². The molecule has 0 bridgehead atoms. The Kier molecular flexibility index (Phi) is 7.30. The van der Waals surface area contributed by atoms with Gasteiger partial charge in [0.2, 0.25) is 0 Å². The predicted molar refractivity (Wildman–Crippen MR) is 94.8 cm³/mol. The number of benzene rings is 1. The zero-order valence-corrected chi connectivity index (χ0v) is 14.2. The first kappa shape index (κ1) is 17.7. The molecule has 23 heavy (non-hydrogen) atoms. The lowest BCUT2D eigenvalue weighted by atomic mass is 10.1. The van der Waals surface area contributed by atoms with Crippen molar-refractivity contribution in [2.75, 3.05) is 13.7 Å². The Morgan fingerprint density at radius 2 is 2.09 bits per heavy atom. The van der Waals surface area contributed by atoms with Gasteiger partial charge in [0.15, 0.2) is 0 Å². The van der Waals surface area contributed by atoms with Crippen LogP contribution >= 0.6 is 0 Å². The first-order valence-corrected chi connectivity index (χ1v) is 8.55. The lowest BCUT2D eigenvalue weighted by Crippen LogP contribution is -2.26. The summed E-state index contributed by atoms with van der Waals surface area (Å²) < 4.78 is 5.30. The number of nitrogens with one attached hydrogen (secondary N) is 1. The van der Waals surface area contributed by atoms with E-state index in [1.54, 1.807) is 7.11 Å². The maximum absolute atomic E-state index is 10.0. The molecule has 2 N–H and O–H groups in total. The fraction of sp³-hybridized carbons (Fsp3) is 0.526. The molecule has 1 aromatic heterocycles. The summed E-state index contributed by atoms with van der Waals surface area (Å²) in [6.07, 6.45) is 7.23. The lowest BCUT2D eigenvalue weighted by Gasteiger charge is -2.13. The summed E-state index contributed by atoms with van der Waals surface area (Å²) >= 11 is 0. The third-order valence-corrected chi connectivity index (χ3v) is 4.13. The van der Waals surface area contributed by atoms with Crippen LogP contribution in [-0.2, 0) is 6.54 Å². The van der Waals surface area contributed by atoms with E-state index in [2.05, 4.69) is 17.2 Å². The summed E-state index contributed by atoms with van der Waals surface area (Å²) in [5.74, 6) is 0.836. The average Bonchev–Trinajstić information content (AvgIpc) is 2.58. The van der Waals surface area contributed by atoms with Crippen LogP contribution in [0, 0.1) is 0 Å². The van der Waals surface area contributed by atoms with E-state index in [9.17, 15) is 5.11 Å². The molecule has 1 atom stereocenters. The van der Waals surface area contributed by atoms with Crippen molar-refractivity contribution in [3.63, 3.8) is 0 Å². The average molecular weight is 316 g/mol. The van der Waals surface area contributed by atoms with Gasteiger partial charge in [-0.3, -0.25) is 4.98 Å². The maximum Gasteiger partial charge on any atom is 0.119 e. The van der Waals surface area contributed by atoms with E-state index in [1.165, 1.54) is 24.8 Å². The van der Waals surface area contributed by atoms with Crippen molar-refractivity contribution >= 4 is 10.9 Å². The molecule has 0 radical (unpaired) electrons. The highest BCUT2D eigenvalue weighted by Gasteiger charge is 2.06. The quantitative estimate of drug-likeness (QED) is 0.657. The van der Waals surface area contributed by atoms with Crippen LogP contribution in [0.2, 0.25) is 0 Å². The van der Waals surface area contributed by atoms with Crippen molar-refractivity contribution in [2.24, 2.45) is 0 Å². The molecule has 0 fully saturated rings. The number of pyridine rings is 1. The van der Waals surface area contributed by atoms with Gasteiger partial charge in [-0.1, -0.05) is 32.6 Å². The Morgan fingerprint density at radius 1 is 1.22 bits per heavy atom. The van der Waals surface area contributed by atoms with Crippen LogP contribution < -0.4 is 10.1 Å². The first-order valence-electron chi connectivity index (χ1n) is 8.55. The molecule has 126 valence electrons. The number of unbranched alkanes of at least 4 members (excludes halogenated alkanes) is 3. The molecule has 2 aromatic rings. The molecule has 1 heterocycles. The van der Waals surface area contributed by atoms with Crippen molar-refractivity contribution < 1.29 is 9.84 Å². The first-order chi connectivity index (χ1) is 11.2. The van der Waals surface area contributed by atoms with E-state index >= 15 is 0 Å². The topological polar surface area (TPSA) is 54.4 Å². The molecule has 4 heteroatoms. The van der Waals surface area contributed by atoms with Gasteiger partial charge in [0.05, 0.1) is 18.7 Å². The van der Waals surface area contributed by atoms with Gasteiger partial charge in [-0.2, -0.15) is 0 Å². The Hall–Kier alpha value is -1.65.